The van der Waals surface area contributed by atoms with Gasteiger partial charge in [-0.3, -0.25) is 0 Å². The van der Waals surface area contributed by atoms with Crippen LogP contribution in [0.1, 0.15) is 17.2 Å². The van der Waals surface area contributed by atoms with Gasteiger partial charge in [-0.2, -0.15) is 13.2 Å². The summed E-state index contributed by atoms with van der Waals surface area (Å²) >= 11 is 0. The van der Waals surface area contributed by atoms with Crippen LogP contribution in [0.15, 0.2) is 30.9 Å². The zero-order chi connectivity index (χ0) is 11.6. The van der Waals surface area contributed by atoms with Crippen molar-refractivity contribution in [3.63, 3.8) is 0 Å². The first-order valence-electron chi connectivity index (χ1n) is 4.10. The zero-order valence-corrected chi connectivity index (χ0v) is 7.68. The van der Waals surface area contributed by atoms with Crippen LogP contribution in [0.5, 0.6) is 0 Å². The average molecular weight is 219 g/mol. The number of halogens is 4. The normalized spacial score (nSPS) is 13.7. The van der Waals surface area contributed by atoms with Crippen LogP contribution < -0.4 is 5.73 Å². The van der Waals surface area contributed by atoms with Crippen molar-refractivity contribution in [2.24, 2.45) is 5.73 Å². The Morgan fingerprint density at radius 1 is 1.27 bits per heavy atom. The van der Waals surface area contributed by atoms with Crippen molar-refractivity contribution < 1.29 is 17.6 Å². The number of benzene rings is 1. The minimum Gasteiger partial charge on any atom is -0.321 e. The molecule has 0 heterocycles. The second-order valence-electron chi connectivity index (χ2n) is 3.03. The fraction of sp³-hybridized carbons (Fsp3) is 0.200. The Hall–Kier alpha value is -1.36. The lowest BCUT2D eigenvalue weighted by Gasteiger charge is -2.11. The lowest BCUT2D eigenvalue weighted by molar-refractivity contribution is -0.137. The van der Waals surface area contributed by atoms with Gasteiger partial charge in [-0.1, -0.05) is 6.08 Å². The summed E-state index contributed by atoms with van der Waals surface area (Å²) in [5.74, 6) is -0.961. The third-order valence-corrected chi connectivity index (χ3v) is 1.89. The molecule has 0 aliphatic carbocycles. The first kappa shape index (κ1) is 11.7. The van der Waals surface area contributed by atoms with E-state index >= 15 is 0 Å². The van der Waals surface area contributed by atoms with Crippen LogP contribution in [0.2, 0.25) is 0 Å². The number of rotatable bonds is 2. The molecular formula is C10H9F4N. The molecule has 82 valence electrons. The van der Waals surface area contributed by atoms with Gasteiger partial charge in [-0.25, -0.2) is 4.39 Å². The van der Waals surface area contributed by atoms with E-state index in [0.717, 1.165) is 12.1 Å². The number of alkyl halides is 3. The first-order chi connectivity index (χ1) is 6.84. The van der Waals surface area contributed by atoms with E-state index < -0.39 is 23.6 Å². The topological polar surface area (TPSA) is 26.0 Å². The van der Waals surface area contributed by atoms with Gasteiger partial charge < -0.3 is 5.73 Å². The molecule has 0 aromatic heterocycles. The van der Waals surface area contributed by atoms with E-state index in [1.165, 1.54) is 6.08 Å². The highest BCUT2D eigenvalue weighted by Crippen LogP contribution is 2.31. The van der Waals surface area contributed by atoms with Crippen molar-refractivity contribution in [1.82, 2.24) is 0 Å². The smallest absolute Gasteiger partial charge is 0.321 e. The van der Waals surface area contributed by atoms with Crippen molar-refractivity contribution in [2.45, 2.75) is 12.2 Å². The maximum absolute atomic E-state index is 12.9. The summed E-state index contributed by atoms with van der Waals surface area (Å²) in [5.41, 5.74) is 4.43. The maximum atomic E-state index is 12.9. The Balaban J connectivity index is 3.22. The largest absolute Gasteiger partial charge is 0.416 e. The predicted molar refractivity (Wildman–Crippen MR) is 48.5 cm³/mol. The predicted octanol–water partition coefficient (Wildman–Crippen LogP) is 3.03. The molecule has 1 rings (SSSR count). The highest BCUT2D eigenvalue weighted by Gasteiger charge is 2.31. The Bertz CT molecular complexity index is 370. The van der Waals surface area contributed by atoms with Gasteiger partial charge in [0.05, 0.1) is 5.56 Å². The molecule has 0 radical (unpaired) electrons. The first-order valence-corrected chi connectivity index (χ1v) is 4.10. The Kier molecular flexibility index (Phi) is 3.14. The summed E-state index contributed by atoms with van der Waals surface area (Å²) in [6, 6.07) is 1.40. The fourth-order valence-corrected chi connectivity index (χ4v) is 1.10. The van der Waals surface area contributed by atoms with Crippen LogP contribution in [0.3, 0.4) is 0 Å². The van der Waals surface area contributed by atoms with Crippen LogP contribution in [0.4, 0.5) is 17.6 Å². The molecule has 15 heavy (non-hydrogen) atoms. The molecular weight excluding hydrogens is 210 g/mol. The summed E-state index contributed by atoms with van der Waals surface area (Å²) in [6.45, 7) is 3.33. The highest BCUT2D eigenvalue weighted by molar-refractivity contribution is 5.30. The quantitative estimate of drug-likeness (QED) is 0.600. The molecule has 0 spiro atoms. The Morgan fingerprint density at radius 3 is 2.33 bits per heavy atom. The highest BCUT2D eigenvalue weighted by atomic mass is 19.4. The fourth-order valence-electron chi connectivity index (χ4n) is 1.10. The molecule has 1 nitrogen and oxygen atoms in total. The standard InChI is InChI=1S/C10H9F4N/c1-2-9(15)6-3-7(10(12,13)14)5-8(11)4-6/h2-5,9H,1,15H2/t9-/m1/s1. The molecule has 0 saturated heterocycles. The van der Waals surface area contributed by atoms with Gasteiger partial charge in [-0.15, -0.1) is 6.58 Å². The maximum Gasteiger partial charge on any atom is 0.416 e. The van der Waals surface area contributed by atoms with Crippen LogP contribution >= 0.6 is 0 Å². The molecule has 2 N–H and O–H groups in total. The van der Waals surface area contributed by atoms with Gasteiger partial charge in [0.1, 0.15) is 5.82 Å². The van der Waals surface area contributed by atoms with E-state index in [0.29, 0.717) is 6.07 Å². The monoisotopic (exact) mass is 219 g/mol. The van der Waals surface area contributed by atoms with Gasteiger partial charge in [0.2, 0.25) is 0 Å². The molecule has 1 atom stereocenters. The van der Waals surface area contributed by atoms with E-state index in [1.807, 2.05) is 0 Å². The van der Waals surface area contributed by atoms with Crippen LogP contribution in [-0.4, -0.2) is 0 Å². The van der Waals surface area contributed by atoms with Gasteiger partial charge >= 0.3 is 6.18 Å². The van der Waals surface area contributed by atoms with Crippen molar-refractivity contribution in [2.75, 3.05) is 0 Å². The average Bonchev–Trinajstić information content (AvgIpc) is 2.14. The zero-order valence-electron chi connectivity index (χ0n) is 7.68. The Labute approximate surface area is 84.2 Å². The molecule has 0 aliphatic heterocycles. The molecule has 0 unspecified atom stereocenters. The summed E-state index contributed by atoms with van der Waals surface area (Å²) in [6.07, 6.45) is -3.33. The minimum atomic E-state index is -4.57. The number of nitrogens with two attached hydrogens (primary N) is 1. The summed E-state index contributed by atoms with van der Waals surface area (Å²) in [4.78, 5) is 0. The van der Waals surface area contributed by atoms with E-state index in [2.05, 4.69) is 6.58 Å². The van der Waals surface area contributed by atoms with Crippen LogP contribution in [0.25, 0.3) is 0 Å². The van der Waals surface area contributed by atoms with E-state index in [1.54, 1.807) is 0 Å². The minimum absolute atomic E-state index is 0.0531. The second kappa shape index (κ2) is 4.02. The number of hydrogen-bond acceptors (Lipinski definition) is 1. The third-order valence-electron chi connectivity index (χ3n) is 1.89. The molecule has 0 amide bonds. The number of hydrogen-bond donors (Lipinski definition) is 1. The molecule has 0 aliphatic rings. The summed E-state index contributed by atoms with van der Waals surface area (Å²) in [5, 5.41) is 0. The van der Waals surface area contributed by atoms with E-state index in [-0.39, 0.29) is 5.56 Å². The van der Waals surface area contributed by atoms with Gasteiger partial charge in [0.25, 0.3) is 0 Å². The lowest BCUT2D eigenvalue weighted by Crippen LogP contribution is -2.11. The van der Waals surface area contributed by atoms with Crippen molar-refractivity contribution in [3.05, 3.63) is 47.8 Å². The van der Waals surface area contributed by atoms with Gasteiger partial charge in [0, 0.05) is 6.04 Å². The van der Waals surface area contributed by atoms with Crippen molar-refractivity contribution >= 4 is 0 Å². The van der Waals surface area contributed by atoms with Crippen LogP contribution in [-0.2, 0) is 6.18 Å². The molecule has 0 fully saturated rings. The molecule has 1 aromatic rings. The van der Waals surface area contributed by atoms with Crippen LogP contribution in [0, 0.1) is 5.82 Å². The SMILES string of the molecule is C=C[C@@H](N)c1cc(F)cc(C(F)(F)F)c1. The van der Waals surface area contributed by atoms with Gasteiger partial charge in [-0.05, 0) is 23.8 Å². The molecule has 1 aromatic carbocycles. The summed E-state index contributed by atoms with van der Waals surface area (Å²) < 4.78 is 49.7. The van der Waals surface area contributed by atoms with Crippen molar-refractivity contribution in [3.8, 4) is 0 Å². The lowest BCUT2D eigenvalue weighted by atomic mass is 10.0. The molecule has 0 saturated carbocycles. The second-order valence-corrected chi connectivity index (χ2v) is 3.03. The molecule has 5 heteroatoms. The third kappa shape index (κ3) is 2.79. The van der Waals surface area contributed by atoms with Crippen molar-refractivity contribution in [1.29, 1.82) is 0 Å². The van der Waals surface area contributed by atoms with Gasteiger partial charge in [0.15, 0.2) is 0 Å². The van der Waals surface area contributed by atoms with E-state index in [9.17, 15) is 17.6 Å². The Morgan fingerprint density at radius 2 is 1.87 bits per heavy atom. The summed E-state index contributed by atoms with van der Waals surface area (Å²) in [7, 11) is 0. The van der Waals surface area contributed by atoms with E-state index in [4.69, 9.17) is 5.73 Å². The molecule has 0 bridgehead atoms.